The monoisotopic (exact) mass is 288 g/mol. The Balaban J connectivity index is 3.28. The Labute approximate surface area is 111 Å². The van der Waals surface area contributed by atoms with Crippen LogP contribution in [0.1, 0.15) is 0 Å². The van der Waals surface area contributed by atoms with Crippen molar-refractivity contribution < 1.29 is 0 Å². The predicted molar refractivity (Wildman–Crippen MR) is 84.2 cm³/mol. The number of hydrogen-bond acceptors (Lipinski definition) is 5. The maximum atomic E-state index is 4.40. The molecule has 0 bridgehead atoms. The van der Waals surface area contributed by atoms with Crippen molar-refractivity contribution >= 4 is 59.7 Å². The lowest BCUT2D eigenvalue weighted by Gasteiger charge is -2.12. The van der Waals surface area contributed by atoms with E-state index in [1.165, 1.54) is 28.8 Å². The van der Waals surface area contributed by atoms with E-state index in [4.69, 9.17) is 0 Å². The zero-order chi connectivity index (χ0) is 10.6. The van der Waals surface area contributed by atoms with Crippen molar-refractivity contribution in [1.29, 1.82) is 0 Å². The van der Waals surface area contributed by atoms with Crippen LogP contribution in [0.25, 0.3) is 0 Å². The minimum atomic E-state index is 0.748. The van der Waals surface area contributed by atoms with Gasteiger partial charge in [0.25, 0.3) is 0 Å². The van der Waals surface area contributed by atoms with E-state index in [9.17, 15) is 0 Å². The lowest BCUT2D eigenvalue weighted by Crippen LogP contribution is -2.10. The summed E-state index contributed by atoms with van der Waals surface area (Å²) in [7, 11) is 0. The van der Waals surface area contributed by atoms with Gasteiger partial charge in [-0.05, 0) is 12.5 Å². The first-order chi connectivity index (χ1) is 6.85. The molecule has 0 aliphatic rings. The minimum absolute atomic E-state index is 0.748. The SMILES string of the molecule is CSCCSCC(CS)SCCSC. The highest BCUT2D eigenvalue weighted by Gasteiger charge is 2.06. The molecule has 0 saturated heterocycles. The van der Waals surface area contributed by atoms with E-state index in [1.807, 2.05) is 23.5 Å². The third kappa shape index (κ3) is 10.3. The summed E-state index contributed by atoms with van der Waals surface area (Å²) in [6.45, 7) is 0. The van der Waals surface area contributed by atoms with Gasteiger partial charge in [-0.2, -0.15) is 59.7 Å². The van der Waals surface area contributed by atoms with Gasteiger partial charge in [0.2, 0.25) is 0 Å². The Morgan fingerprint density at radius 3 is 2.21 bits per heavy atom. The molecule has 0 aliphatic heterocycles. The summed E-state index contributed by atoms with van der Waals surface area (Å²) in [5.41, 5.74) is 0. The van der Waals surface area contributed by atoms with Crippen LogP contribution < -0.4 is 0 Å². The molecule has 0 radical (unpaired) electrons. The molecule has 0 saturated carbocycles. The third-order valence-electron chi connectivity index (χ3n) is 1.58. The molecule has 1 unspecified atom stereocenters. The Morgan fingerprint density at radius 2 is 1.64 bits per heavy atom. The Hall–Kier alpha value is 1.75. The molecular formula is C9H20S5. The fraction of sp³-hybridized carbons (Fsp3) is 1.00. The molecule has 0 aromatic rings. The standard InChI is InChI=1S/C9H20S5/c1-11-3-5-13-8-9(7-10)14-6-4-12-2/h9-10H,3-8H2,1-2H3. The van der Waals surface area contributed by atoms with Crippen LogP contribution in [0.15, 0.2) is 0 Å². The summed E-state index contributed by atoms with van der Waals surface area (Å²) in [5, 5.41) is 0.748. The van der Waals surface area contributed by atoms with Crippen molar-refractivity contribution in [2.45, 2.75) is 5.25 Å². The predicted octanol–water partition coefficient (Wildman–Crippen LogP) is 3.48. The first-order valence-electron chi connectivity index (χ1n) is 4.63. The summed E-state index contributed by atoms with van der Waals surface area (Å²) in [6.07, 6.45) is 4.34. The highest BCUT2D eigenvalue weighted by molar-refractivity contribution is 8.05. The smallest absolute Gasteiger partial charge is 0.0226 e. The van der Waals surface area contributed by atoms with Gasteiger partial charge in [0.05, 0.1) is 0 Å². The first-order valence-corrected chi connectivity index (χ1v) is 10.3. The number of rotatable bonds is 10. The van der Waals surface area contributed by atoms with Gasteiger partial charge in [-0.25, -0.2) is 0 Å². The van der Waals surface area contributed by atoms with E-state index in [0.29, 0.717) is 0 Å². The van der Waals surface area contributed by atoms with Crippen LogP contribution in [0.4, 0.5) is 0 Å². The molecule has 0 N–H and O–H groups in total. The normalized spacial score (nSPS) is 13.1. The van der Waals surface area contributed by atoms with Crippen LogP contribution in [0.5, 0.6) is 0 Å². The fourth-order valence-electron chi connectivity index (χ4n) is 0.809. The number of thioether (sulfide) groups is 4. The second-order valence-corrected chi connectivity index (χ2v) is 7.63. The Kier molecular flexibility index (Phi) is 14.4. The third-order valence-corrected chi connectivity index (χ3v) is 6.60. The van der Waals surface area contributed by atoms with Gasteiger partial charge < -0.3 is 0 Å². The molecule has 0 rings (SSSR count). The van der Waals surface area contributed by atoms with Gasteiger partial charge in [-0.1, -0.05) is 0 Å². The molecule has 1 atom stereocenters. The molecule has 14 heavy (non-hydrogen) atoms. The summed E-state index contributed by atoms with van der Waals surface area (Å²) < 4.78 is 0. The van der Waals surface area contributed by atoms with Crippen molar-refractivity contribution in [2.24, 2.45) is 0 Å². The van der Waals surface area contributed by atoms with Crippen molar-refractivity contribution in [3.63, 3.8) is 0 Å². The van der Waals surface area contributed by atoms with E-state index in [2.05, 4.69) is 48.7 Å². The van der Waals surface area contributed by atoms with Crippen molar-refractivity contribution in [1.82, 2.24) is 0 Å². The van der Waals surface area contributed by atoms with Gasteiger partial charge in [0.1, 0.15) is 0 Å². The minimum Gasteiger partial charge on any atom is -0.178 e. The second kappa shape index (κ2) is 12.8. The second-order valence-electron chi connectivity index (χ2n) is 2.74. The average molecular weight is 289 g/mol. The lowest BCUT2D eigenvalue weighted by molar-refractivity contribution is 1.15. The maximum absolute atomic E-state index is 4.40. The molecule has 0 nitrogen and oxygen atoms in total. The fourth-order valence-corrected chi connectivity index (χ4v) is 5.28. The molecule has 5 heteroatoms. The van der Waals surface area contributed by atoms with Gasteiger partial charge in [-0.3, -0.25) is 0 Å². The van der Waals surface area contributed by atoms with Crippen molar-refractivity contribution in [3.8, 4) is 0 Å². The lowest BCUT2D eigenvalue weighted by atomic mass is 10.5. The molecular weight excluding hydrogens is 268 g/mol. The molecule has 86 valence electrons. The van der Waals surface area contributed by atoms with E-state index in [-0.39, 0.29) is 0 Å². The van der Waals surface area contributed by atoms with E-state index in [1.54, 1.807) is 0 Å². The molecule has 0 fully saturated rings. The molecule has 0 aliphatic carbocycles. The summed E-state index contributed by atoms with van der Waals surface area (Å²) >= 11 is 12.4. The molecule has 0 amide bonds. The van der Waals surface area contributed by atoms with Gasteiger partial charge in [0, 0.05) is 39.8 Å². The van der Waals surface area contributed by atoms with Crippen LogP contribution in [-0.4, -0.2) is 52.3 Å². The maximum Gasteiger partial charge on any atom is 0.0226 e. The molecule has 0 spiro atoms. The Bertz CT molecular complexity index is 109. The number of thiol groups is 1. The van der Waals surface area contributed by atoms with E-state index < -0.39 is 0 Å². The highest BCUT2D eigenvalue weighted by atomic mass is 32.2. The quantitative estimate of drug-likeness (QED) is 0.482. The molecule has 0 aromatic heterocycles. The van der Waals surface area contributed by atoms with E-state index >= 15 is 0 Å². The van der Waals surface area contributed by atoms with Crippen LogP contribution >= 0.6 is 59.7 Å². The molecule has 0 heterocycles. The van der Waals surface area contributed by atoms with Crippen LogP contribution in [0.2, 0.25) is 0 Å². The largest absolute Gasteiger partial charge is 0.178 e. The summed E-state index contributed by atoms with van der Waals surface area (Å²) in [5.74, 6) is 7.39. The zero-order valence-electron chi connectivity index (χ0n) is 8.90. The van der Waals surface area contributed by atoms with Crippen molar-refractivity contribution in [2.75, 3.05) is 47.0 Å². The summed E-state index contributed by atoms with van der Waals surface area (Å²) in [6, 6.07) is 0. The van der Waals surface area contributed by atoms with Gasteiger partial charge >= 0.3 is 0 Å². The van der Waals surface area contributed by atoms with Crippen LogP contribution in [0, 0.1) is 0 Å². The topological polar surface area (TPSA) is 0 Å². The van der Waals surface area contributed by atoms with Gasteiger partial charge in [0.15, 0.2) is 0 Å². The first kappa shape index (κ1) is 15.8. The van der Waals surface area contributed by atoms with Gasteiger partial charge in [-0.15, -0.1) is 0 Å². The van der Waals surface area contributed by atoms with Crippen LogP contribution in [0.3, 0.4) is 0 Å². The summed E-state index contributed by atoms with van der Waals surface area (Å²) in [4.78, 5) is 0. The van der Waals surface area contributed by atoms with Crippen LogP contribution in [-0.2, 0) is 0 Å². The van der Waals surface area contributed by atoms with E-state index in [0.717, 1.165) is 11.0 Å². The average Bonchev–Trinajstić information content (AvgIpc) is 2.22. The van der Waals surface area contributed by atoms with Crippen molar-refractivity contribution in [3.05, 3.63) is 0 Å². The Morgan fingerprint density at radius 1 is 1.00 bits per heavy atom. The molecule has 0 aromatic carbocycles. The highest BCUT2D eigenvalue weighted by Crippen LogP contribution is 2.19. The number of hydrogen-bond donors (Lipinski definition) is 1. The zero-order valence-corrected chi connectivity index (χ0v) is 13.1.